The Balaban J connectivity index is 2.47. The summed E-state index contributed by atoms with van der Waals surface area (Å²) < 4.78 is 20.7. The molecule has 0 aliphatic rings. The SMILES string of the molecule is Cc1cccc(Oc2c(C#N)c(C)nn2C)c1F. The lowest BCUT2D eigenvalue weighted by Gasteiger charge is -2.08. The van der Waals surface area contributed by atoms with E-state index in [0.717, 1.165) is 0 Å². The van der Waals surface area contributed by atoms with Crippen LogP contribution >= 0.6 is 0 Å². The van der Waals surface area contributed by atoms with Crippen LogP contribution in [0.5, 0.6) is 11.6 Å². The minimum Gasteiger partial charge on any atom is -0.435 e. The van der Waals surface area contributed by atoms with Gasteiger partial charge >= 0.3 is 0 Å². The molecule has 18 heavy (non-hydrogen) atoms. The monoisotopic (exact) mass is 245 g/mol. The Morgan fingerprint density at radius 1 is 1.39 bits per heavy atom. The van der Waals surface area contributed by atoms with E-state index in [1.165, 1.54) is 10.7 Å². The number of hydrogen-bond acceptors (Lipinski definition) is 3. The maximum Gasteiger partial charge on any atom is 0.236 e. The molecule has 0 bridgehead atoms. The number of nitriles is 1. The predicted octanol–water partition coefficient (Wildman–Crippen LogP) is 2.84. The Hall–Kier alpha value is -2.35. The fourth-order valence-corrected chi connectivity index (χ4v) is 1.69. The van der Waals surface area contributed by atoms with Gasteiger partial charge in [0.2, 0.25) is 5.88 Å². The number of hydrogen-bond donors (Lipinski definition) is 0. The molecule has 0 saturated heterocycles. The van der Waals surface area contributed by atoms with Gasteiger partial charge in [-0.15, -0.1) is 0 Å². The molecule has 2 rings (SSSR count). The van der Waals surface area contributed by atoms with Crippen molar-refractivity contribution in [3.8, 4) is 17.7 Å². The molecule has 4 nitrogen and oxygen atoms in total. The van der Waals surface area contributed by atoms with Gasteiger partial charge in [0.1, 0.15) is 11.6 Å². The lowest BCUT2D eigenvalue weighted by Crippen LogP contribution is -1.98. The Kier molecular flexibility index (Phi) is 3.02. The van der Waals surface area contributed by atoms with Gasteiger partial charge in [-0.3, -0.25) is 0 Å². The highest BCUT2D eigenvalue weighted by Crippen LogP contribution is 2.29. The maximum atomic E-state index is 13.8. The van der Waals surface area contributed by atoms with Crippen LogP contribution in [0.1, 0.15) is 16.8 Å². The van der Waals surface area contributed by atoms with Crippen LogP contribution in [0.25, 0.3) is 0 Å². The summed E-state index contributed by atoms with van der Waals surface area (Å²) in [5, 5.41) is 13.1. The number of nitrogens with zero attached hydrogens (tertiary/aromatic N) is 3. The first-order valence-corrected chi connectivity index (χ1v) is 5.41. The highest BCUT2D eigenvalue weighted by atomic mass is 19.1. The molecule has 0 aliphatic carbocycles. The molecule has 1 aromatic carbocycles. The molecule has 1 heterocycles. The number of halogens is 1. The van der Waals surface area contributed by atoms with Crippen LogP contribution in [0, 0.1) is 31.0 Å². The van der Waals surface area contributed by atoms with E-state index in [4.69, 9.17) is 10.00 Å². The first-order chi connectivity index (χ1) is 8.54. The molecule has 2 aromatic rings. The van der Waals surface area contributed by atoms with Gasteiger partial charge in [0, 0.05) is 7.05 Å². The molecule has 0 radical (unpaired) electrons. The van der Waals surface area contributed by atoms with Gasteiger partial charge in [0.25, 0.3) is 0 Å². The summed E-state index contributed by atoms with van der Waals surface area (Å²) in [6.07, 6.45) is 0. The molecule has 0 unspecified atom stereocenters. The fraction of sp³-hybridized carbons (Fsp3) is 0.231. The summed E-state index contributed by atoms with van der Waals surface area (Å²) in [6, 6.07) is 6.88. The molecule has 0 saturated carbocycles. The maximum absolute atomic E-state index is 13.8. The summed E-state index contributed by atoms with van der Waals surface area (Å²) in [5.41, 5.74) is 1.37. The van der Waals surface area contributed by atoms with Crippen LogP contribution in [0.15, 0.2) is 18.2 Å². The van der Waals surface area contributed by atoms with E-state index in [-0.39, 0.29) is 11.6 Å². The summed E-state index contributed by atoms with van der Waals surface area (Å²) >= 11 is 0. The van der Waals surface area contributed by atoms with Gasteiger partial charge in [-0.1, -0.05) is 12.1 Å². The molecule has 0 spiro atoms. The van der Waals surface area contributed by atoms with Gasteiger partial charge in [0.15, 0.2) is 11.6 Å². The van der Waals surface area contributed by atoms with E-state index >= 15 is 0 Å². The quantitative estimate of drug-likeness (QED) is 0.817. The van der Waals surface area contributed by atoms with Crippen LogP contribution in [0.3, 0.4) is 0 Å². The molecule has 0 aliphatic heterocycles. The Morgan fingerprint density at radius 3 is 2.78 bits per heavy atom. The lowest BCUT2D eigenvalue weighted by atomic mass is 10.2. The molecule has 5 heteroatoms. The molecule has 0 N–H and O–H groups in total. The zero-order valence-electron chi connectivity index (χ0n) is 10.4. The van der Waals surface area contributed by atoms with Gasteiger partial charge in [-0.05, 0) is 25.5 Å². The van der Waals surface area contributed by atoms with Crippen molar-refractivity contribution < 1.29 is 9.13 Å². The normalized spacial score (nSPS) is 10.2. The minimum atomic E-state index is -0.430. The van der Waals surface area contributed by atoms with Crippen LogP contribution in [-0.4, -0.2) is 9.78 Å². The third-order valence-corrected chi connectivity index (χ3v) is 2.64. The van der Waals surface area contributed by atoms with E-state index in [2.05, 4.69) is 5.10 Å². The number of aryl methyl sites for hydroxylation is 3. The minimum absolute atomic E-state index is 0.0921. The molecule has 0 fully saturated rings. The van der Waals surface area contributed by atoms with E-state index < -0.39 is 5.82 Å². The molecule has 0 atom stereocenters. The zero-order valence-corrected chi connectivity index (χ0v) is 10.4. The summed E-state index contributed by atoms with van der Waals surface area (Å²) in [6.45, 7) is 3.36. The Labute approximate surface area is 104 Å². The summed E-state index contributed by atoms with van der Waals surface area (Å²) in [5.74, 6) is -0.0887. The van der Waals surface area contributed by atoms with Gasteiger partial charge in [-0.2, -0.15) is 10.4 Å². The average Bonchev–Trinajstić information content (AvgIpc) is 2.59. The first-order valence-electron chi connectivity index (χ1n) is 5.41. The average molecular weight is 245 g/mol. The summed E-state index contributed by atoms with van der Waals surface area (Å²) in [4.78, 5) is 0. The van der Waals surface area contributed by atoms with E-state index in [0.29, 0.717) is 16.8 Å². The first kappa shape index (κ1) is 12.1. The lowest BCUT2D eigenvalue weighted by molar-refractivity contribution is 0.401. The van der Waals surface area contributed by atoms with Crippen molar-refractivity contribution in [1.29, 1.82) is 5.26 Å². The topological polar surface area (TPSA) is 50.8 Å². The zero-order chi connectivity index (χ0) is 13.3. The van der Waals surface area contributed by atoms with Gasteiger partial charge in [0.05, 0.1) is 5.69 Å². The molecule has 92 valence electrons. The summed E-state index contributed by atoms with van der Waals surface area (Å²) in [7, 11) is 1.65. The largest absolute Gasteiger partial charge is 0.435 e. The fourth-order valence-electron chi connectivity index (χ4n) is 1.69. The van der Waals surface area contributed by atoms with E-state index in [9.17, 15) is 4.39 Å². The van der Waals surface area contributed by atoms with Crippen molar-refractivity contribution in [2.45, 2.75) is 13.8 Å². The van der Waals surface area contributed by atoms with Crippen molar-refractivity contribution in [3.63, 3.8) is 0 Å². The number of ether oxygens (including phenoxy) is 1. The molecular formula is C13H12FN3O. The van der Waals surface area contributed by atoms with Gasteiger partial charge in [-0.25, -0.2) is 9.07 Å². The van der Waals surface area contributed by atoms with Crippen molar-refractivity contribution in [3.05, 3.63) is 40.8 Å². The second-order valence-corrected chi connectivity index (χ2v) is 3.99. The third-order valence-electron chi connectivity index (χ3n) is 2.64. The number of rotatable bonds is 2. The third kappa shape index (κ3) is 1.93. The Bertz CT molecular complexity index is 640. The number of benzene rings is 1. The van der Waals surface area contributed by atoms with E-state index in [1.54, 1.807) is 33.0 Å². The Morgan fingerprint density at radius 2 is 2.11 bits per heavy atom. The van der Waals surface area contributed by atoms with Crippen LogP contribution in [-0.2, 0) is 7.05 Å². The van der Waals surface area contributed by atoms with Crippen LogP contribution in [0.4, 0.5) is 4.39 Å². The highest BCUT2D eigenvalue weighted by molar-refractivity contribution is 5.44. The van der Waals surface area contributed by atoms with Crippen molar-refractivity contribution in [2.75, 3.05) is 0 Å². The molecule has 0 amide bonds. The molecule has 1 aromatic heterocycles. The van der Waals surface area contributed by atoms with Crippen molar-refractivity contribution >= 4 is 0 Å². The van der Waals surface area contributed by atoms with Crippen LogP contribution < -0.4 is 4.74 Å². The highest BCUT2D eigenvalue weighted by Gasteiger charge is 2.17. The van der Waals surface area contributed by atoms with Crippen LogP contribution in [0.2, 0.25) is 0 Å². The standard InChI is InChI=1S/C13H12FN3O/c1-8-5-4-6-11(12(8)14)18-13-10(7-15)9(2)16-17(13)3/h4-6H,1-3H3. The number of aromatic nitrogens is 2. The van der Waals surface area contributed by atoms with Gasteiger partial charge < -0.3 is 4.74 Å². The molecular weight excluding hydrogens is 233 g/mol. The second-order valence-electron chi connectivity index (χ2n) is 3.99. The van der Waals surface area contributed by atoms with Crippen molar-refractivity contribution in [1.82, 2.24) is 9.78 Å². The van der Waals surface area contributed by atoms with Crippen molar-refractivity contribution in [2.24, 2.45) is 7.05 Å². The smallest absolute Gasteiger partial charge is 0.236 e. The predicted molar refractivity (Wildman–Crippen MR) is 63.9 cm³/mol. The van der Waals surface area contributed by atoms with E-state index in [1.807, 2.05) is 6.07 Å². The second kappa shape index (κ2) is 4.49.